The Morgan fingerprint density at radius 2 is 1.79 bits per heavy atom. The maximum atomic E-state index is 8.72. The van der Waals surface area contributed by atoms with Crippen LogP contribution >= 0.6 is 0 Å². The van der Waals surface area contributed by atoms with E-state index in [2.05, 4.69) is 32.0 Å². The summed E-state index contributed by atoms with van der Waals surface area (Å²) < 4.78 is 0. The predicted molar refractivity (Wildman–Crippen MR) is 59.2 cm³/mol. The van der Waals surface area contributed by atoms with E-state index in [1.54, 1.807) is 0 Å². The first kappa shape index (κ1) is 11.2. The van der Waals surface area contributed by atoms with Gasteiger partial charge in [-0.2, -0.15) is 0 Å². The van der Waals surface area contributed by atoms with Crippen molar-refractivity contribution in [2.45, 2.75) is 32.7 Å². The molecule has 0 spiro atoms. The molecule has 1 atom stereocenters. The Bertz CT molecular complexity index is 276. The van der Waals surface area contributed by atoms with Crippen LogP contribution in [-0.2, 0) is 0 Å². The lowest BCUT2D eigenvalue weighted by molar-refractivity contribution is 0.280. The van der Waals surface area contributed by atoms with Gasteiger partial charge in [-0.25, -0.2) is 0 Å². The van der Waals surface area contributed by atoms with Crippen molar-refractivity contribution < 1.29 is 5.11 Å². The molecule has 0 saturated carbocycles. The first-order chi connectivity index (χ1) is 6.63. The molecule has 0 aliphatic heterocycles. The molecule has 0 fully saturated rings. The quantitative estimate of drug-likeness (QED) is 0.769. The molecule has 1 rings (SSSR count). The number of nitrogens with two attached hydrogens (primary N) is 1. The molecule has 0 radical (unpaired) electrons. The molecule has 3 N–H and O–H groups in total. The second-order valence-electron chi connectivity index (χ2n) is 3.89. The number of hydrogen-bond acceptors (Lipinski definition) is 2. The highest BCUT2D eigenvalue weighted by molar-refractivity contribution is 5.30. The van der Waals surface area contributed by atoms with Gasteiger partial charge < -0.3 is 10.8 Å². The zero-order valence-corrected chi connectivity index (χ0v) is 8.96. The topological polar surface area (TPSA) is 46.2 Å². The molecular weight excluding hydrogens is 174 g/mol. The Morgan fingerprint density at radius 1 is 1.21 bits per heavy atom. The molecule has 78 valence electrons. The fourth-order valence-electron chi connectivity index (χ4n) is 1.70. The zero-order chi connectivity index (χ0) is 10.6. The zero-order valence-electron chi connectivity index (χ0n) is 8.96. The van der Waals surface area contributed by atoms with E-state index in [0.717, 1.165) is 12.8 Å². The van der Waals surface area contributed by atoms with E-state index in [-0.39, 0.29) is 12.6 Å². The van der Waals surface area contributed by atoms with Crippen LogP contribution in [0.5, 0.6) is 0 Å². The molecule has 0 saturated heterocycles. The van der Waals surface area contributed by atoms with Crippen LogP contribution in [0.15, 0.2) is 18.2 Å². The van der Waals surface area contributed by atoms with Crippen molar-refractivity contribution in [3.8, 4) is 0 Å². The van der Waals surface area contributed by atoms with Gasteiger partial charge in [0.25, 0.3) is 0 Å². The minimum atomic E-state index is 0.0562. The lowest BCUT2D eigenvalue weighted by Gasteiger charge is -2.12. The van der Waals surface area contributed by atoms with Crippen molar-refractivity contribution >= 4 is 0 Å². The van der Waals surface area contributed by atoms with Gasteiger partial charge in [-0.15, -0.1) is 0 Å². The number of aryl methyl sites for hydroxylation is 2. The average molecular weight is 193 g/mol. The molecule has 0 heterocycles. The summed E-state index contributed by atoms with van der Waals surface area (Å²) in [6, 6.07) is 6.44. The summed E-state index contributed by atoms with van der Waals surface area (Å²) in [5.74, 6) is 0. The van der Waals surface area contributed by atoms with Gasteiger partial charge in [0.1, 0.15) is 0 Å². The van der Waals surface area contributed by atoms with Gasteiger partial charge in [0.15, 0.2) is 0 Å². The molecule has 2 heteroatoms. The summed E-state index contributed by atoms with van der Waals surface area (Å²) in [6.07, 6.45) is 1.62. The van der Waals surface area contributed by atoms with Crippen LogP contribution in [0, 0.1) is 13.8 Å². The van der Waals surface area contributed by atoms with Crippen molar-refractivity contribution in [2.75, 3.05) is 6.61 Å². The molecule has 14 heavy (non-hydrogen) atoms. The summed E-state index contributed by atoms with van der Waals surface area (Å²) in [5.41, 5.74) is 9.68. The van der Waals surface area contributed by atoms with Crippen LogP contribution in [0.3, 0.4) is 0 Å². The van der Waals surface area contributed by atoms with E-state index in [9.17, 15) is 0 Å². The van der Waals surface area contributed by atoms with E-state index in [0.29, 0.717) is 0 Å². The summed E-state index contributed by atoms with van der Waals surface area (Å²) in [4.78, 5) is 0. The normalized spacial score (nSPS) is 12.9. The van der Waals surface area contributed by atoms with Gasteiger partial charge in [-0.05, 0) is 32.3 Å². The summed E-state index contributed by atoms with van der Waals surface area (Å²) in [5, 5.41) is 8.72. The third-order valence-electron chi connectivity index (χ3n) is 2.35. The molecular formula is C12H19NO. The van der Waals surface area contributed by atoms with Crippen molar-refractivity contribution in [1.82, 2.24) is 0 Å². The molecule has 1 aromatic rings. The lowest BCUT2D eigenvalue weighted by atomic mass is 9.99. The number of benzene rings is 1. The maximum absolute atomic E-state index is 8.72. The monoisotopic (exact) mass is 193 g/mol. The summed E-state index contributed by atoms with van der Waals surface area (Å²) >= 11 is 0. The van der Waals surface area contributed by atoms with Crippen molar-refractivity contribution in [2.24, 2.45) is 5.73 Å². The molecule has 2 nitrogen and oxygen atoms in total. The fraction of sp³-hybridized carbons (Fsp3) is 0.500. The number of rotatable bonds is 4. The van der Waals surface area contributed by atoms with E-state index in [4.69, 9.17) is 10.8 Å². The number of aliphatic hydroxyl groups is 1. The molecule has 1 aromatic carbocycles. The van der Waals surface area contributed by atoms with Crippen LogP contribution in [0.25, 0.3) is 0 Å². The first-order valence-corrected chi connectivity index (χ1v) is 5.08. The smallest absolute Gasteiger partial charge is 0.0431 e. The standard InChI is InChI=1S/C12H19NO/c1-9-6-10(2)8-11(7-9)12(13)4-3-5-14/h6-8,12,14H,3-5,13H2,1-2H3/t12-/m1/s1. The summed E-state index contributed by atoms with van der Waals surface area (Å²) in [6.45, 7) is 4.38. The largest absolute Gasteiger partial charge is 0.396 e. The van der Waals surface area contributed by atoms with Crippen molar-refractivity contribution in [3.05, 3.63) is 34.9 Å². The minimum Gasteiger partial charge on any atom is -0.396 e. The molecule has 0 aliphatic carbocycles. The van der Waals surface area contributed by atoms with Gasteiger partial charge in [-0.1, -0.05) is 29.3 Å². The highest BCUT2D eigenvalue weighted by atomic mass is 16.2. The van der Waals surface area contributed by atoms with Crippen LogP contribution in [-0.4, -0.2) is 11.7 Å². The SMILES string of the molecule is Cc1cc(C)cc([C@H](N)CCCO)c1. The maximum Gasteiger partial charge on any atom is 0.0431 e. The third kappa shape index (κ3) is 3.13. The average Bonchev–Trinajstić information content (AvgIpc) is 2.12. The Balaban J connectivity index is 2.73. The van der Waals surface area contributed by atoms with Gasteiger partial charge in [-0.3, -0.25) is 0 Å². The van der Waals surface area contributed by atoms with Crippen LogP contribution in [0.2, 0.25) is 0 Å². The highest BCUT2D eigenvalue weighted by Gasteiger charge is 2.05. The molecule has 0 amide bonds. The van der Waals surface area contributed by atoms with Crippen molar-refractivity contribution in [3.63, 3.8) is 0 Å². The molecule has 0 bridgehead atoms. The Morgan fingerprint density at radius 3 is 2.29 bits per heavy atom. The number of hydrogen-bond donors (Lipinski definition) is 2. The Hall–Kier alpha value is -0.860. The van der Waals surface area contributed by atoms with E-state index in [1.807, 2.05) is 0 Å². The lowest BCUT2D eigenvalue weighted by Crippen LogP contribution is -2.11. The van der Waals surface area contributed by atoms with E-state index in [1.165, 1.54) is 16.7 Å². The Kier molecular flexibility index (Phi) is 4.11. The van der Waals surface area contributed by atoms with Crippen LogP contribution < -0.4 is 5.73 Å². The van der Waals surface area contributed by atoms with Gasteiger partial charge in [0.2, 0.25) is 0 Å². The second-order valence-corrected chi connectivity index (χ2v) is 3.89. The van der Waals surface area contributed by atoms with E-state index < -0.39 is 0 Å². The fourth-order valence-corrected chi connectivity index (χ4v) is 1.70. The Labute approximate surface area is 85.8 Å². The highest BCUT2D eigenvalue weighted by Crippen LogP contribution is 2.18. The first-order valence-electron chi connectivity index (χ1n) is 5.08. The minimum absolute atomic E-state index is 0.0562. The third-order valence-corrected chi connectivity index (χ3v) is 2.35. The van der Waals surface area contributed by atoms with Crippen molar-refractivity contribution in [1.29, 1.82) is 0 Å². The second kappa shape index (κ2) is 5.13. The summed E-state index contributed by atoms with van der Waals surface area (Å²) in [7, 11) is 0. The number of aliphatic hydroxyl groups excluding tert-OH is 1. The molecule has 0 aromatic heterocycles. The van der Waals surface area contributed by atoms with Gasteiger partial charge in [0.05, 0.1) is 0 Å². The van der Waals surface area contributed by atoms with Gasteiger partial charge in [0, 0.05) is 12.6 Å². The van der Waals surface area contributed by atoms with Crippen LogP contribution in [0.1, 0.15) is 35.6 Å². The van der Waals surface area contributed by atoms with Crippen LogP contribution in [0.4, 0.5) is 0 Å². The molecule has 0 unspecified atom stereocenters. The molecule has 0 aliphatic rings. The predicted octanol–water partition coefficient (Wildman–Crippen LogP) is 2.08. The van der Waals surface area contributed by atoms with E-state index >= 15 is 0 Å². The van der Waals surface area contributed by atoms with Gasteiger partial charge >= 0.3 is 0 Å².